The van der Waals surface area contributed by atoms with Crippen LogP contribution in [0.3, 0.4) is 0 Å². The van der Waals surface area contributed by atoms with Gasteiger partial charge in [0.25, 0.3) is 5.91 Å². The zero-order chi connectivity index (χ0) is 17.4. The molecule has 0 aromatic carbocycles. The molecule has 2 atom stereocenters. The largest absolute Gasteiger partial charge is 0.444 e. The third-order valence-corrected chi connectivity index (χ3v) is 4.33. The van der Waals surface area contributed by atoms with E-state index in [0.29, 0.717) is 19.6 Å². The number of hydrogen-bond donors (Lipinski definition) is 0. The van der Waals surface area contributed by atoms with E-state index in [-0.39, 0.29) is 24.2 Å². The SMILES string of the molecule is C[C@H]1CC[C@H](C(=O)N2CCN(C(=O)OC(C)(C)C)CC2(C)C)O1. The Kier molecular flexibility index (Phi) is 4.95. The van der Waals surface area contributed by atoms with Gasteiger partial charge in [-0.1, -0.05) is 0 Å². The lowest BCUT2D eigenvalue weighted by molar-refractivity contribution is -0.151. The van der Waals surface area contributed by atoms with Gasteiger partial charge in [-0.3, -0.25) is 4.79 Å². The Balaban J connectivity index is 2.00. The van der Waals surface area contributed by atoms with Crippen molar-refractivity contribution in [2.45, 2.75) is 77.7 Å². The quantitative estimate of drug-likeness (QED) is 0.742. The van der Waals surface area contributed by atoms with Crippen LogP contribution in [-0.4, -0.2) is 64.8 Å². The van der Waals surface area contributed by atoms with E-state index in [1.54, 1.807) is 4.90 Å². The van der Waals surface area contributed by atoms with E-state index in [1.165, 1.54) is 0 Å². The Hall–Kier alpha value is -1.30. The second kappa shape index (κ2) is 6.30. The van der Waals surface area contributed by atoms with Gasteiger partial charge in [-0.15, -0.1) is 0 Å². The fourth-order valence-electron chi connectivity index (χ4n) is 3.20. The van der Waals surface area contributed by atoms with Gasteiger partial charge < -0.3 is 19.3 Å². The van der Waals surface area contributed by atoms with Crippen molar-refractivity contribution in [2.24, 2.45) is 0 Å². The molecule has 2 rings (SSSR count). The molecule has 2 heterocycles. The Morgan fingerprint density at radius 2 is 1.83 bits per heavy atom. The van der Waals surface area contributed by atoms with Gasteiger partial charge in [-0.2, -0.15) is 0 Å². The Morgan fingerprint density at radius 3 is 2.30 bits per heavy atom. The van der Waals surface area contributed by atoms with Crippen molar-refractivity contribution >= 4 is 12.0 Å². The average molecular weight is 326 g/mol. The average Bonchev–Trinajstić information content (AvgIpc) is 2.81. The van der Waals surface area contributed by atoms with Crippen molar-refractivity contribution in [3.8, 4) is 0 Å². The molecule has 0 N–H and O–H groups in total. The number of carbonyl (C=O) groups excluding carboxylic acids is 2. The van der Waals surface area contributed by atoms with E-state index in [1.807, 2.05) is 46.4 Å². The Labute approximate surface area is 139 Å². The van der Waals surface area contributed by atoms with Crippen molar-refractivity contribution in [3.05, 3.63) is 0 Å². The highest BCUT2D eigenvalue weighted by molar-refractivity contribution is 5.82. The second-order valence-corrected chi connectivity index (χ2v) is 8.22. The topological polar surface area (TPSA) is 59.1 Å². The molecule has 2 aliphatic heterocycles. The zero-order valence-corrected chi connectivity index (χ0v) is 15.2. The van der Waals surface area contributed by atoms with Crippen LogP contribution in [0, 0.1) is 0 Å². The number of ether oxygens (including phenoxy) is 2. The maximum Gasteiger partial charge on any atom is 0.410 e. The van der Waals surface area contributed by atoms with E-state index in [2.05, 4.69) is 0 Å². The van der Waals surface area contributed by atoms with Crippen LogP contribution in [0.2, 0.25) is 0 Å². The molecular formula is C17H30N2O4. The molecule has 23 heavy (non-hydrogen) atoms. The minimum Gasteiger partial charge on any atom is -0.444 e. The number of piperazine rings is 1. The molecular weight excluding hydrogens is 296 g/mol. The first-order valence-electron chi connectivity index (χ1n) is 8.44. The fraction of sp³-hybridized carbons (Fsp3) is 0.882. The summed E-state index contributed by atoms with van der Waals surface area (Å²) < 4.78 is 11.2. The van der Waals surface area contributed by atoms with Crippen LogP contribution in [0.5, 0.6) is 0 Å². The fourth-order valence-corrected chi connectivity index (χ4v) is 3.20. The first-order valence-corrected chi connectivity index (χ1v) is 8.44. The highest BCUT2D eigenvalue weighted by Gasteiger charge is 2.43. The molecule has 0 aromatic heterocycles. The predicted octanol–water partition coefficient (Wildman–Crippen LogP) is 2.41. The highest BCUT2D eigenvalue weighted by Crippen LogP contribution is 2.27. The predicted molar refractivity (Wildman–Crippen MR) is 87.2 cm³/mol. The van der Waals surface area contributed by atoms with Crippen LogP contribution in [0.1, 0.15) is 54.4 Å². The van der Waals surface area contributed by atoms with Crippen molar-refractivity contribution in [2.75, 3.05) is 19.6 Å². The van der Waals surface area contributed by atoms with Gasteiger partial charge in [0.1, 0.15) is 11.7 Å². The number of hydrogen-bond acceptors (Lipinski definition) is 4. The van der Waals surface area contributed by atoms with Gasteiger partial charge in [0, 0.05) is 19.6 Å². The van der Waals surface area contributed by atoms with Crippen molar-refractivity contribution in [1.29, 1.82) is 0 Å². The third kappa shape index (κ3) is 4.37. The summed E-state index contributed by atoms with van der Waals surface area (Å²) in [6.07, 6.45) is 1.20. The normalized spacial score (nSPS) is 27.9. The highest BCUT2D eigenvalue weighted by atomic mass is 16.6. The van der Waals surface area contributed by atoms with Crippen molar-refractivity contribution in [3.63, 3.8) is 0 Å². The molecule has 6 nitrogen and oxygen atoms in total. The van der Waals surface area contributed by atoms with Crippen LogP contribution in [0.4, 0.5) is 4.79 Å². The summed E-state index contributed by atoms with van der Waals surface area (Å²) in [6.45, 7) is 13.0. The maximum absolute atomic E-state index is 12.7. The molecule has 0 saturated carbocycles. The Bertz CT molecular complexity index is 470. The van der Waals surface area contributed by atoms with Crippen molar-refractivity contribution in [1.82, 2.24) is 9.80 Å². The first kappa shape index (κ1) is 18.0. The lowest BCUT2D eigenvalue weighted by Gasteiger charge is -2.47. The van der Waals surface area contributed by atoms with Gasteiger partial charge in [0.15, 0.2) is 0 Å². The molecule has 132 valence electrons. The summed E-state index contributed by atoms with van der Waals surface area (Å²) in [5.74, 6) is 0.0446. The number of nitrogens with zero attached hydrogens (tertiary/aromatic N) is 2. The monoisotopic (exact) mass is 326 g/mol. The van der Waals surface area contributed by atoms with E-state index in [0.717, 1.165) is 12.8 Å². The van der Waals surface area contributed by atoms with E-state index in [4.69, 9.17) is 9.47 Å². The van der Waals surface area contributed by atoms with Crippen LogP contribution in [0.25, 0.3) is 0 Å². The summed E-state index contributed by atoms with van der Waals surface area (Å²) in [5.41, 5.74) is -0.941. The van der Waals surface area contributed by atoms with Crippen LogP contribution >= 0.6 is 0 Å². The van der Waals surface area contributed by atoms with Gasteiger partial charge in [-0.05, 0) is 54.4 Å². The molecule has 2 fully saturated rings. The molecule has 0 unspecified atom stereocenters. The molecule has 2 saturated heterocycles. The molecule has 0 bridgehead atoms. The van der Waals surface area contributed by atoms with Gasteiger partial charge >= 0.3 is 6.09 Å². The first-order chi connectivity index (χ1) is 10.5. The standard InChI is InChI=1S/C17H30N2O4/c1-12-7-8-13(22-12)14(20)19-10-9-18(11-17(19,5)6)15(21)23-16(2,3)4/h12-13H,7-11H2,1-6H3/t12-,13+/m0/s1. The minimum atomic E-state index is -0.512. The van der Waals surface area contributed by atoms with E-state index < -0.39 is 11.1 Å². The van der Waals surface area contributed by atoms with Crippen LogP contribution in [0.15, 0.2) is 0 Å². The summed E-state index contributed by atoms with van der Waals surface area (Å²) in [6, 6.07) is 0. The van der Waals surface area contributed by atoms with Gasteiger partial charge in [0.05, 0.1) is 11.6 Å². The lowest BCUT2D eigenvalue weighted by atomic mass is 9.97. The smallest absolute Gasteiger partial charge is 0.410 e. The number of amides is 2. The molecule has 2 aliphatic rings. The molecule has 2 amide bonds. The molecule has 0 spiro atoms. The zero-order valence-electron chi connectivity index (χ0n) is 15.2. The number of carbonyl (C=O) groups is 2. The van der Waals surface area contributed by atoms with E-state index in [9.17, 15) is 9.59 Å². The maximum atomic E-state index is 12.7. The lowest BCUT2D eigenvalue weighted by Crippen LogP contribution is -2.63. The summed E-state index contributed by atoms with van der Waals surface area (Å²) in [4.78, 5) is 28.5. The third-order valence-electron chi connectivity index (χ3n) is 4.33. The number of rotatable bonds is 1. The Morgan fingerprint density at radius 1 is 1.17 bits per heavy atom. The summed E-state index contributed by atoms with van der Waals surface area (Å²) >= 11 is 0. The van der Waals surface area contributed by atoms with E-state index >= 15 is 0 Å². The molecule has 6 heteroatoms. The minimum absolute atomic E-state index is 0.0446. The van der Waals surface area contributed by atoms with Crippen LogP contribution < -0.4 is 0 Å². The van der Waals surface area contributed by atoms with Crippen LogP contribution in [-0.2, 0) is 14.3 Å². The second-order valence-electron chi connectivity index (χ2n) is 8.22. The van der Waals surface area contributed by atoms with Crippen molar-refractivity contribution < 1.29 is 19.1 Å². The van der Waals surface area contributed by atoms with Gasteiger partial charge in [0.2, 0.25) is 0 Å². The summed E-state index contributed by atoms with van der Waals surface area (Å²) in [7, 11) is 0. The molecule has 0 aliphatic carbocycles. The summed E-state index contributed by atoms with van der Waals surface area (Å²) in [5, 5.41) is 0. The van der Waals surface area contributed by atoms with Gasteiger partial charge in [-0.25, -0.2) is 4.79 Å². The molecule has 0 aromatic rings. The molecule has 0 radical (unpaired) electrons.